The maximum atomic E-state index is 11.6. The Hall–Kier alpha value is -1.62. The molecule has 1 unspecified atom stereocenters. The number of hydrogen-bond donors (Lipinski definition) is 1. The van der Waals surface area contributed by atoms with Gasteiger partial charge in [0.2, 0.25) is 0 Å². The second-order valence-corrected chi connectivity index (χ2v) is 4.15. The highest BCUT2D eigenvalue weighted by Crippen LogP contribution is 2.12. The Bertz CT molecular complexity index is 437. The van der Waals surface area contributed by atoms with Crippen LogP contribution >= 0.6 is 11.6 Å². The molecule has 1 rings (SSSR count). The number of amides is 1. The Morgan fingerprint density at radius 3 is 2.89 bits per heavy atom. The maximum Gasteiger partial charge on any atom is 0.341 e. The third-order valence-electron chi connectivity index (χ3n) is 2.33. The van der Waals surface area contributed by atoms with Crippen LogP contribution in [0.4, 0.5) is 0 Å². The number of rotatable bonds is 5. The van der Waals surface area contributed by atoms with Crippen LogP contribution in [0.15, 0.2) is 18.3 Å². The summed E-state index contributed by atoms with van der Waals surface area (Å²) in [5.74, 6) is -0.995. The molecule has 0 fully saturated rings. The lowest BCUT2D eigenvalue weighted by Crippen LogP contribution is -2.35. The molecule has 5 nitrogen and oxygen atoms in total. The van der Waals surface area contributed by atoms with Crippen molar-refractivity contribution in [3.8, 4) is 0 Å². The maximum absolute atomic E-state index is 11.6. The average Bonchev–Trinajstić information content (AvgIpc) is 2.36. The Morgan fingerprint density at radius 2 is 2.28 bits per heavy atom. The average molecular weight is 271 g/mol. The fourth-order valence-corrected chi connectivity index (χ4v) is 1.36. The zero-order chi connectivity index (χ0) is 13.5. The molecule has 98 valence electrons. The van der Waals surface area contributed by atoms with E-state index in [4.69, 9.17) is 16.3 Å². The van der Waals surface area contributed by atoms with Gasteiger partial charge in [0.15, 0.2) is 6.61 Å². The van der Waals surface area contributed by atoms with Crippen LogP contribution in [0.1, 0.15) is 30.6 Å². The van der Waals surface area contributed by atoms with Crippen molar-refractivity contribution >= 4 is 23.5 Å². The van der Waals surface area contributed by atoms with Crippen LogP contribution < -0.4 is 5.32 Å². The number of halogens is 1. The largest absolute Gasteiger partial charge is 0.452 e. The van der Waals surface area contributed by atoms with Gasteiger partial charge in [0.05, 0.1) is 5.56 Å². The lowest BCUT2D eigenvalue weighted by atomic mass is 10.2. The summed E-state index contributed by atoms with van der Waals surface area (Å²) in [6.07, 6.45) is 2.28. The van der Waals surface area contributed by atoms with E-state index in [0.717, 1.165) is 6.42 Å². The van der Waals surface area contributed by atoms with Crippen LogP contribution in [0.25, 0.3) is 0 Å². The van der Waals surface area contributed by atoms with Crippen molar-refractivity contribution in [3.63, 3.8) is 0 Å². The number of carbonyl (C=O) groups is 2. The van der Waals surface area contributed by atoms with E-state index in [1.165, 1.54) is 12.3 Å². The van der Waals surface area contributed by atoms with Crippen molar-refractivity contribution in [2.24, 2.45) is 0 Å². The Balaban J connectivity index is 2.47. The SMILES string of the molecule is CCC(C)NC(=O)COC(=O)c1cccnc1Cl. The third-order valence-corrected chi connectivity index (χ3v) is 2.63. The van der Waals surface area contributed by atoms with Crippen LogP contribution in [-0.4, -0.2) is 29.5 Å². The molecule has 18 heavy (non-hydrogen) atoms. The van der Waals surface area contributed by atoms with Gasteiger partial charge in [0.1, 0.15) is 5.15 Å². The quantitative estimate of drug-likeness (QED) is 0.654. The number of pyridine rings is 1. The minimum absolute atomic E-state index is 0.0539. The van der Waals surface area contributed by atoms with Gasteiger partial charge >= 0.3 is 5.97 Å². The van der Waals surface area contributed by atoms with Crippen LogP contribution in [0.2, 0.25) is 5.15 Å². The van der Waals surface area contributed by atoms with Gasteiger partial charge in [-0.3, -0.25) is 4.79 Å². The van der Waals surface area contributed by atoms with E-state index in [9.17, 15) is 9.59 Å². The molecular weight excluding hydrogens is 256 g/mol. The Morgan fingerprint density at radius 1 is 1.56 bits per heavy atom. The first kappa shape index (κ1) is 14.4. The molecule has 1 aromatic rings. The van der Waals surface area contributed by atoms with Crippen LogP contribution in [0.3, 0.4) is 0 Å². The minimum atomic E-state index is -0.660. The zero-order valence-electron chi connectivity index (χ0n) is 10.3. The summed E-state index contributed by atoms with van der Waals surface area (Å²) in [5, 5.41) is 2.75. The van der Waals surface area contributed by atoms with Gasteiger partial charge < -0.3 is 10.1 Å². The van der Waals surface area contributed by atoms with Crippen LogP contribution in [-0.2, 0) is 9.53 Å². The monoisotopic (exact) mass is 270 g/mol. The standard InChI is InChI=1S/C12H15ClN2O3/c1-3-8(2)15-10(16)7-18-12(17)9-5-4-6-14-11(9)13/h4-6,8H,3,7H2,1-2H3,(H,15,16). The summed E-state index contributed by atoms with van der Waals surface area (Å²) >= 11 is 5.73. The molecule has 0 bridgehead atoms. The highest BCUT2D eigenvalue weighted by Gasteiger charge is 2.14. The highest BCUT2D eigenvalue weighted by atomic mass is 35.5. The predicted molar refractivity (Wildman–Crippen MR) is 67.4 cm³/mol. The number of ether oxygens (including phenoxy) is 1. The minimum Gasteiger partial charge on any atom is -0.452 e. The van der Waals surface area contributed by atoms with Gasteiger partial charge in [-0.05, 0) is 25.5 Å². The lowest BCUT2D eigenvalue weighted by Gasteiger charge is -2.11. The normalized spacial score (nSPS) is 11.7. The summed E-state index contributed by atoms with van der Waals surface area (Å²) in [7, 11) is 0. The number of nitrogens with one attached hydrogen (secondary N) is 1. The molecule has 1 amide bonds. The summed E-state index contributed by atoms with van der Waals surface area (Å²) in [4.78, 5) is 26.7. The second kappa shape index (κ2) is 6.96. The van der Waals surface area contributed by atoms with Crippen LogP contribution in [0.5, 0.6) is 0 Å². The summed E-state index contributed by atoms with van der Waals surface area (Å²) in [6.45, 7) is 3.50. The lowest BCUT2D eigenvalue weighted by molar-refractivity contribution is -0.124. The molecule has 1 heterocycles. The van der Waals surface area contributed by atoms with Crippen molar-refractivity contribution in [2.45, 2.75) is 26.3 Å². The molecule has 1 aromatic heterocycles. The molecule has 0 aliphatic heterocycles. The summed E-state index contributed by atoms with van der Waals surface area (Å²) in [6, 6.07) is 3.12. The molecule has 1 N–H and O–H groups in total. The van der Waals surface area contributed by atoms with Crippen molar-refractivity contribution < 1.29 is 14.3 Å². The van der Waals surface area contributed by atoms with Crippen molar-refractivity contribution in [3.05, 3.63) is 29.0 Å². The molecule has 0 saturated carbocycles. The van der Waals surface area contributed by atoms with Gasteiger partial charge in [-0.25, -0.2) is 9.78 Å². The van der Waals surface area contributed by atoms with Gasteiger partial charge in [-0.15, -0.1) is 0 Å². The Labute approximate surface area is 110 Å². The van der Waals surface area contributed by atoms with Gasteiger partial charge in [0.25, 0.3) is 5.91 Å². The smallest absolute Gasteiger partial charge is 0.341 e. The molecular formula is C12H15ClN2O3. The fraction of sp³-hybridized carbons (Fsp3) is 0.417. The van der Waals surface area contributed by atoms with E-state index in [2.05, 4.69) is 10.3 Å². The molecule has 6 heteroatoms. The molecule has 0 aliphatic carbocycles. The fourth-order valence-electron chi connectivity index (χ4n) is 1.17. The molecule has 1 atom stereocenters. The van der Waals surface area contributed by atoms with E-state index >= 15 is 0 Å². The number of aromatic nitrogens is 1. The first-order valence-corrected chi connectivity index (χ1v) is 5.99. The van der Waals surface area contributed by atoms with E-state index in [1.54, 1.807) is 6.07 Å². The topological polar surface area (TPSA) is 68.3 Å². The number of hydrogen-bond acceptors (Lipinski definition) is 4. The molecule has 0 aliphatic rings. The second-order valence-electron chi connectivity index (χ2n) is 3.79. The van der Waals surface area contributed by atoms with E-state index in [-0.39, 0.29) is 29.3 Å². The number of carbonyl (C=O) groups excluding carboxylic acids is 2. The van der Waals surface area contributed by atoms with E-state index in [1.807, 2.05) is 13.8 Å². The van der Waals surface area contributed by atoms with Gasteiger partial charge in [-0.2, -0.15) is 0 Å². The predicted octanol–water partition coefficient (Wildman–Crippen LogP) is 1.81. The van der Waals surface area contributed by atoms with Gasteiger partial charge in [-0.1, -0.05) is 18.5 Å². The van der Waals surface area contributed by atoms with Crippen molar-refractivity contribution in [2.75, 3.05) is 6.61 Å². The first-order valence-electron chi connectivity index (χ1n) is 5.61. The van der Waals surface area contributed by atoms with Crippen molar-refractivity contribution in [1.29, 1.82) is 0 Å². The summed E-state index contributed by atoms with van der Waals surface area (Å²) < 4.78 is 4.84. The van der Waals surface area contributed by atoms with Gasteiger partial charge in [0, 0.05) is 12.2 Å². The van der Waals surface area contributed by atoms with E-state index < -0.39 is 5.97 Å². The van der Waals surface area contributed by atoms with Crippen molar-refractivity contribution in [1.82, 2.24) is 10.3 Å². The first-order chi connectivity index (χ1) is 8.54. The summed E-state index contributed by atoms with van der Waals surface area (Å²) in [5.41, 5.74) is 0.149. The highest BCUT2D eigenvalue weighted by molar-refractivity contribution is 6.32. The molecule has 0 aromatic carbocycles. The Kier molecular flexibility index (Phi) is 5.58. The molecule has 0 radical (unpaired) electrons. The zero-order valence-corrected chi connectivity index (χ0v) is 11.0. The number of esters is 1. The van der Waals surface area contributed by atoms with Crippen LogP contribution in [0, 0.1) is 0 Å². The molecule has 0 spiro atoms. The van der Waals surface area contributed by atoms with E-state index in [0.29, 0.717) is 0 Å². The number of nitrogens with zero attached hydrogens (tertiary/aromatic N) is 1. The third kappa shape index (κ3) is 4.33. The molecule has 0 saturated heterocycles.